The molecule has 0 radical (unpaired) electrons. The van der Waals surface area contributed by atoms with Crippen LogP contribution in [0.1, 0.15) is 35.1 Å². The molecular weight excluding hydrogens is 664 g/mol. The number of piperazine rings is 2. The molecule has 10 rings (SSSR count). The molecule has 2 unspecified atom stereocenters. The van der Waals surface area contributed by atoms with E-state index in [2.05, 4.69) is 33.4 Å². The summed E-state index contributed by atoms with van der Waals surface area (Å²) in [6, 6.07) is 30.2. The van der Waals surface area contributed by atoms with E-state index in [0.717, 1.165) is 33.6 Å². The Kier molecular flexibility index (Phi) is 6.47. The molecule has 6 aliphatic rings. The van der Waals surface area contributed by atoms with E-state index in [9.17, 15) is 19.2 Å². The van der Waals surface area contributed by atoms with Gasteiger partial charge in [0.25, 0.3) is 0 Å². The number of anilines is 2. The lowest BCUT2D eigenvalue weighted by Gasteiger charge is -2.48. The number of halogens is 1. The van der Waals surface area contributed by atoms with Crippen LogP contribution < -0.4 is 21.3 Å². The highest BCUT2D eigenvalue weighted by Gasteiger charge is 2.78. The molecule has 6 aliphatic heterocycles. The van der Waals surface area contributed by atoms with Crippen molar-refractivity contribution in [2.24, 2.45) is 0 Å². The molecule has 4 N–H and O–H groups in total. The van der Waals surface area contributed by atoms with Crippen molar-refractivity contribution in [1.29, 1.82) is 0 Å². The molecule has 256 valence electrons. The molecule has 0 bridgehead atoms. The molecule has 4 aromatic carbocycles. The van der Waals surface area contributed by atoms with Crippen LogP contribution in [0, 0.1) is 0 Å². The van der Waals surface area contributed by atoms with Gasteiger partial charge in [-0.15, -0.1) is 0 Å². The number of benzene rings is 4. The third-order valence-corrected chi connectivity index (χ3v) is 12.6. The largest absolute Gasteiger partial charge is 0.364 e. The van der Waals surface area contributed by atoms with E-state index < -0.39 is 47.3 Å². The Morgan fingerprint density at radius 2 is 0.980 bits per heavy atom. The van der Waals surface area contributed by atoms with Gasteiger partial charge >= 0.3 is 0 Å². The molecule has 11 heteroatoms. The molecule has 0 aliphatic carbocycles. The average molecular weight is 699 g/mol. The molecule has 0 aromatic heterocycles. The predicted octanol–water partition coefficient (Wildman–Crippen LogP) is 3.70. The van der Waals surface area contributed by atoms with E-state index in [1.807, 2.05) is 78.9 Å². The Hall–Kier alpha value is -5.35. The first-order chi connectivity index (χ1) is 24.8. The van der Waals surface area contributed by atoms with Gasteiger partial charge in [0.05, 0.1) is 10.8 Å². The Balaban J connectivity index is 1.12. The van der Waals surface area contributed by atoms with Gasteiger partial charge in [0.1, 0.15) is 36.5 Å². The number of carbonyl (C=O) groups is 4. The molecule has 8 atom stereocenters. The minimum atomic E-state index is -0.881. The van der Waals surface area contributed by atoms with Gasteiger partial charge < -0.3 is 31.1 Å². The Bertz CT molecular complexity index is 2150. The maximum Gasteiger partial charge on any atom is 0.247 e. The molecule has 6 heterocycles. The van der Waals surface area contributed by atoms with Gasteiger partial charge in [0.15, 0.2) is 0 Å². The summed E-state index contributed by atoms with van der Waals surface area (Å²) in [5, 5.41) is 14.2. The summed E-state index contributed by atoms with van der Waals surface area (Å²) in [6.07, 6.45) is 0.137. The summed E-state index contributed by atoms with van der Waals surface area (Å²) < 4.78 is 0. The quantitative estimate of drug-likeness (QED) is 0.252. The first-order valence-corrected chi connectivity index (χ1v) is 17.9. The highest BCUT2D eigenvalue weighted by atomic mass is 35.5. The van der Waals surface area contributed by atoms with Crippen LogP contribution in [0.2, 0.25) is 5.02 Å². The topological polar surface area (TPSA) is 123 Å². The lowest BCUT2D eigenvalue weighted by molar-refractivity contribution is -0.149. The molecule has 0 spiro atoms. The molecule has 4 aromatic rings. The zero-order valence-corrected chi connectivity index (χ0v) is 28.3. The van der Waals surface area contributed by atoms with Crippen LogP contribution in [-0.2, 0) is 42.8 Å². The van der Waals surface area contributed by atoms with Crippen LogP contribution in [0.3, 0.4) is 0 Å². The molecule has 0 saturated carbocycles. The number of hydrogen-bond acceptors (Lipinski definition) is 6. The van der Waals surface area contributed by atoms with Gasteiger partial charge in [-0.05, 0) is 59.4 Å². The SMILES string of the molecule is O=C1N[C@@H](Cc2ccccc2)C(=O)N2[C@H]3Nc4ccccc4C3(C34C[C@H]5C(=O)N[C@@H](Cc6ccc(Cl)cc6)C(=O)N5[C@H]3Nc3ccccc34)C[C@@H]12. The van der Waals surface area contributed by atoms with Crippen LogP contribution in [0.15, 0.2) is 103 Å². The Labute approximate surface area is 299 Å². The van der Waals surface area contributed by atoms with Crippen molar-refractivity contribution in [3.8, 4) is 0 Å². The summed E-state index contributed by atoms with van der Waals surface area (Å²) in [6.45, 7) is 0. The smallest absolute Gasteiger partial charge is 0.247 e. The highest BCUT2D eigenvalue weighted by Crippen LogP contribution is 2.68. The maximum atomic E-state index is 14.7. The van der Waals surface area contributed by atoms with Crippen LogP contribution in [0.5, 0.6) is 0 Å². The number of nitrogens with zero attached hydrogens (tertiary/aromatic N) is 2. The van der Waals surface area contributed by atoms with E-state index in [0.29, 0.717) is 30.7 Å². The average Bonchev–Trinajstić information content (AvgIpc) is 3.85. The molecule has 51 heavy (non-hydrogen) atoms. The summed E-state index contributed by atoms with van der Waals surface area (Å²) in [5.74, 6) is -0.707. The predicted molar refractivity (Wildman–Crippen MR) is 191 cm³/mol. The second kappa shape index (κ2) is 10.8. The van der Waals surface area contributed by atoms with Gasteiger partial charge in [-0.25, -0.2) is 0 Å². The number of hydrogen-bond donors (Lipinski definition) is 4. The van der Waals surface area contributed by atoms with Crippen molar-refractivity contribution in [2.75, 3.05) is 10.6 Å². The monoisotopic (exact) mass is 698 g/mol. The van der Waals surface area contributed by atoms with E-state index in [4.69, 9.17) is 11.6 Å². The number of carbonyl (C=O) groups excluding carboxylic acids is 4. The Morgan fingerprint density at radius 3 is 1.47 bits per heavy atom. The lowest BCUT2D eigenvalue weighted by Crippen LogP contribution is -2.67. The molecule has 4 amide bonds. The number of fused-ring (bicyclic) bond motifs is 11. The van der Waals surface area contributed by atoms with Crippen molar-refractivity contribution in [3.05, 3.63) is 130 Å². The fourth-order valence-electron chi connectivity index (χ4n) is 10.4. The fourth-order valence-corrected chi connectivity index (χ4v) is 10.5. The first kappa shape index (κ1) is 30.5. The van der Waals surface area contributed by atoms with Gasteiger partial charge in [-0.1, -0.05) is 90.5 Å². The third-order valence-electron chi connectivity index (χ3n) is 12.4. The van der Waals surface area contributed by atoms with Crippen LogP contribution in [0.25, 0.3) is 0 Å². The first-order valence-electron chi connectivity index (χ1n) is 17.6. The molecular formula is C40H35ClN6O4. The van der Waals surface area contributed by atoms with Crippen LogP contribution in [-0.4, -0.2) is 69.9 Å². The molecule has 10 nitrogen and oxygen atoms in total. The second-order valence-electron chi connectivity index (χ2n) is 14.7. The van der Waals surface area contributed by atoms with Crippen LogP contribution >= 0.6 is 11.6 Å². The van der Waals surface area contributed by atoms with Crippen molar-refractivity contribution in [3.63, 3.8) is 0 Å². The van der Waals surface area contributed by atoms with Crippen molar-refractivity contribution in [1.82, 2.24) is 20.4 Å². The van der Waals surface area contributed by atoms with Crippen molar-refractivity contribution < 1.29 is 19.2 Å². The zero-order chi connectivity index (χ0) is 34.6. The molecule has 4 fully saturated rings. The van der Waals surface area contributed by atoms with E-state index in [1.165, 1.54) is 0 Å². The number of nitrogens with one attached hydrogen (secondary N) is 4. The van der Waals surface area contributed by atoms with Gasteiger partial charge in [0, 0.05) is 29.2 Å². The van der Waals surface area contributed by atoms with E-state index >= 15 is 0 Å². The number of para-hydroxylation sites is 2. The zero-order valence-electron chi connectivity index (χ0n) is 27.5. The third kappa shape index (κ3) is 4.05. The van der Waals surface area contributed by atoms with Crippen LogP contribution in [0.4, 0.5) is 11.4 Å². The lowest BCUT2D eigenvalue weighted by atomic mass is 9.54. The van der Waals surface area contributed by atoms with E-state index in [-0.39, 0.29) is 23.6 Å². The summed E-state index contributed by atoms with van der Waals surface area (Å²) in [7, 11) is 0. The van der Waals surface area contributed by atoms with Gasteiger partial charge in [0.2, 0.25) is 23.6 Å². The van der Waals surface area contributed by atoms with Crippen molar-refractivity contribution >= 4 is 46.6 Å². The van der Waals surface area contributed by atoms with Gasteiger partial charge in [-0.3, -0.25) is 19.2 Å². The highest BCUT2D eigenvalue weighted by molar-refractivity contribution is 6.30. The fraction of sp³-hybridized carbons (Fsp3) is 0.300. The molecule has 4 saturated heterocycles. The Morgan fingerprint density at radius 1 is 0.549 bits per heavy atom. The summed E-state index contributed by atoms with van der Waals surface area (Å²) in [4.78, 5) is 61.2. The van der Waals surface area contributed by atoms with Crippen molar-refractivity contribution in [2.45, 2.75) is 73.0 Å². The maximum absolute atomic E-state index is 14.7. The van der Waals surface area contributed by atoms with E-state index in [1.54, 1.807) is 21.9 Å². The number of rotatable bonds is 5. The standard InChI is InChI=1S/C40H35ClN6O4/c41-24-16-14-23(15-17-24)19-30-36(51)47-32(34(49)43-30)21-40(26-11-5-7-13-28(26)45-38(40)47)39-20-31-33(48)42-29(18-22-8-2-1-3-9-22)35(50)46(31)37(39)44-27-12-6-4-10-25(27)39/h1-17,29-32,37-38,44-45H,18-21H2,(H,42,48)(H,43,49)/t29-,30-,31-,32-,37+,38+,39?,40?/m0/s1. The van der Waals surface area contributed by atoms with Gasteiger partial charge in [-0.2, -0.15) is 0 Å². The minimum absolute atomic E-state index is 0.143. The normalized spacial score (nSPS) is 32.5. The summed E-state index contributed by atoms with van der Waals surface area (Å²) in [5.41, 5.74) is 3.83. The summed E-state index contributed by atoms with van der Waals surface area (Å²) >= 11 is 6.14. The number of amides is 4. The minimum Gasteiger partial charge on any atom is -0.364 e. The second-order valence-corrected chi connectivity index (χ2v) is 15.1.